The van der Waals surface area contributed by atoms with Crippen LogP contribution in [0.25, 0.3) is 0 Å². The molecule has 1 atom stereocenters. The Morgan fingerprint density at radius 3 is 2.77 bits per heavy atom. The van der Waals surface area contributed by atoms with Crippen LogP contribution < -0.4 is 10.1 Å². The lowest BCUT2D eigenvalue weighted by Gasteiger charge is -2.30. The van der Waals surface area contributed by atoms with Crippen LogP contribution in [0.3, 0.4) is 0 Å². The Morgan fingerprint density at radius 1 is 1.23 bits per heavy atom. The number of aliphatic hydroxyl groups excluding tert-OH is 1. The maximum atomic E-state index is 12.9. The summed E-state index contributed by atoms with van der Waals surface area (Å²) in [5.41, 5.74) is 1.32. The largest absolute Gasteiger partial charge is 0.492 e. The van der Waals surface area contributed by atoms with Crippen molar-refractivity contribution in [3.63, 3.8) is 0 Å². The number of carbonyl (C=O) groups is 1. The Bertz CT molecular complexity index is 736. The van der Waals surface area contributed by atoms with Crippen molar-refractivity contribution in [3.8, 4) is 5.75 Å². The minimum atomic E-state index is -0.447. The van der Waals surface area contributed by atoms with Gasteiger partial charge in [-0.25, -0.2) is 4.39 Å². The van der Waals surface area contributed by atoms with Gasteiger partial charge in [0.25, 0.3) is 5.91 Å². The van der Waals surface area contributed by atoms with Gasteiger partial charge in [-0.15, -0.1) is 0 Å². The van der Waals surface area contributed by atoms with Crippen LogP contribution in [0, 0.1) is 5.82 Å². The zero-order chi connectivity index (χ0) is 18.4. The molecule has 5 nitrogen and oxygen atoms in total. The number of β-amino-alcohol motifs (C(OH)–C–C–N with tert-alkyl or cyclic N) is 1. The smallest absolute Gasteiger partial charge is 0.256 e. The summed E-state index contributed by atoms with van der Waals surface area (Å²) in [6, 6.07) is 13.2. The third kappa shape index (κ3) is 4.73. The molecule has 0 aliphatic carbocycles. The normalized spacial score (nSPS) is 17.0. The lowest BCUT2D eigenvalue weighted by atomic mass is 10.1. The van der Waals surface area contributed by atoms with Crippen LogP contribution in [0.4, 0.5) is 10.1 Å². The van der Waals surface area contributed by atoms with Crippen LogP contribution >= 0.6 is 0 Å². The Morgan fingerprint density at radius 2 is 2.00 bits per heavy atom. The molecule has 6 heteroatoms. The van der Waals surface area contributed by atoms with Crippen molar-refractivity contribution in [3.05, 3.63) is 59.9 Å². The number of piperidine rings is 1. The van der Waals surface area contributed by atoms with Crippen LogP contribution in [-0.4, -0.2) is 48.3 Å². The molecule has 2 aromatic rings. The molecule has 0 bridgehead atoms. The second kappa shape index (κ2) is 8.67. The third-order valence-corrected chi connectivity index (χ3v) is 4.34. The van der Waals surface area contributed by atoms with Crippen LogP contribution in [-0.2, 0) is 0 Å². The number of nitrogens with one attached hydrogen (secondary N) is 1. The maximum absolute atomic E-state index is 12.9. The zero-order valence-electron chi connectivity index (χ0n) is 14.5. The van der Waals surface area contributed by atoms with Crippen molar-refractivity contribution >= 4 is 11.6 Å². The second-order valence-electron chi connectivity index (χ2n) is 6.32. The summed E-state index contributed by atoms with van der Waals surface area (Å²) >= 11 is 0. The van der Waals surface area contributed by atoms with E-state index in [2.05, 4.69) is 5.32 Å². The van der Waals surface area contributed by atoms with E-state index in [0.717, 1.165) is 18.5 Å². The van der Waals surface area contributed by atoms with E-state index < -0.39 is 6.10 Å². The molecule has 2 N–H and O–H groups in total. The fraction of sp³-hybridized carbons (Fsp3) is 0.350. The van der Waals surface area contributed by atoms with E-state index in [1.165, 1.54) is 12.1 Å². The number of hydrogen-bond acceptors (Lipinski definition) is 4. The molecule has 2 aromatic carbocycles. The molecule has 1 fully saturated rings. The Kier molecular flexibility index (Phi) is 6.07. The fourth-order valence-electron chi connectivity index (χ4n) is 3.02. The molecule has 0 spiro atoms. The van der Waals surface area contributed by atoms with E-state index in [1.54, 1.807) is 23.1 Å². The number of hydrogen-bond donors (Lipinski definition) is 2. The minimum Gasteiger partial charge on any atom is -0.492 e. The quantitative estimate of drug-likeness (QED) is 0.780. The number of amides is 1. The topological polar surface area (TPSA) is 61.8 Å². The highest BCUT2D eigenvalue weighted by Gasteiger charge is 2.24. The van der Waals surface area contributed by atoms with Crippen LogP contribution in [0.2, 0.25) is 0 Å². The van der Waals surface area contributed by atoms with Crippen LogP contribution in [0.5, 0.6) is 5.75 Å². The number of aliphatic hydroxyl groups is 1. The van der Waals surface area contributed by atoms with Gasteiger partial charge in [-0.05, 0) is 49.2 Å². The Hall–Kier alpha value is -2.60. The average molecular weight is 358 g/mol. The molecular formula is C20H23FN2O3. The van der Waals surface area contributed by atoms with Gasteiger partial charge in [0.1, 0.15) is 18.2 Å². The van der Waals surface area contributed by atoms with Gasteiger partial charge in [0.05, 0.1) is 11.7 Å². The lowest BCUT2D eigenvalue weighted by Crippen LogP contribution is -2.42. The summed E-state index contributed by atoms with van der Waals surface area (Å²) in [5, 5.41) is 13.0. The van der Waals surface area contributed by atoms with Gasteiger partial charge >= 0.3 is 0 Å². The highest BCUT2D eigenvalue weighted by molar-refractivity contribution is 5.99. The molecule has 26 heavy (non-hydrogen) atoms. The first kappa shape index (κ1) is 18.2. The fourth-order valence-corrected chi connectivity index (χ4v) is 3.02. The number of anilines is 1. The van der Waals surface area contributed by atoms with E-state index in [9.17, 15) is 14.3 Å². The lowest BCUT2D eigenvalue weighted by molar-refractivity contribution is 0.0474. The SMILES string of the molecule is O=C(c1ccccc1NCCOc1ccc(F)cc1)N1CCCC(O)C1. The number of ether oxygens (including phenoxy) is 1. The van der Waals surface area contributed by atoms with Gasteiger partial charge in [-0.3, -0.25) is 4.79 Å². The molecule has 138 valence electrons. The van der Waals surface area contributed by atoms with Crippen molar-refractivity contribution in [1.82, 2.24) is 4.90 Å². The highest BCUT2D eigenvalue weighted by Crippen LogP contribution is 2.20. The Balaban J connectivity index is 1.56. The standard InChI is InChI=1S/C20H23FN2O3/c21-15-7-9-17(10-8-15)26-13-11-22-19-6-2-1-5-18(19)20(25)23-12-3-4-16(24)14-23/h1-2,5-10,16,22,24H,3-4,11-14H2. The average Bonchev–Trinajstić information content (AvgIpc) is 2.66. The molecule has 0 saturated carbocycles. The minimum absolute atomic E-state index is 0.0775. The van der Waals surface area contributed by atoms with E-state index in [1.807, 2.05) is 18.2 Å². The molecule has 0 aromatic heterocycles. The van der Waals surface area contributed by atoms with E-state index >= 15 is 0 Å². The van der Waals surface area contributed by atoms with Crippen LogP contribution in [0.1, 0.15) is 23.2 Å². The number of carbonyl (C=O) groups excluding carboxylic acids is 1. The van der Waals surface area contributed by atoms with Gasteiger partial charge < -0.3 is 20.1 Å². The molecule has 1 aliphatic rings. The maximum Gasteiger partial charge on any atom is 0.256 e. The first-order valence-electron chi connectivity index (χ1n) is 8.82. The number of halogens is 1. The highest BCUT2D eigenvalue weighted by atomic mass is 19.1. The van der Waals surface area contributed by atoms with E-state index in [4.69, 9.17) is 4.74 Å². The zero-order valence-corrected chi connectivity index (χ0v) is 14.5. The summed E-state index contributed by atoms with van der Waals surface area (Å²) in [4.78, 5) is 14.5. The van der Waals surface area contributed by atoms with Gasteiger partial charge in [-0.2, -0.15) is 0 Å². The molecule has 1 saturated heterocycles. The monoisotopic (exact) mass is 358 g/mol. The van der Waals surface area contributed by atoms with Gasteiger partial charge in [-0.1, -0.05) is 12.1 Å². The summed E-state index contributed by atoms with van der Waals surface area (Å²) in [5.74, 6) is 0.219. The number of nitrogens with zero attached hydrogens (tertiary/aromatic N) is 1. The predicted molar refractivity (Wildman–Crippen MR) is 98.0 cm³/mol. The van der Waals surface area contributed by atoms with Gasteiger partial charge in [0, 0.05) is 25.3 Å². The van der Waals surface area contributed by atoms with E-state index in [0.29, 0.717) is 37.6 Å². The van der Waals surface area contributed by atoms with Crippen molar-refractivity contribution < 1.29 is 19.0 Å². The first-order chi connectivity index (χ1) is 12.6. The van der Waals surface area contributed by atoms with Crippen molar-refractivity contribution in [2.45, 2.75) is 18.9 Å². The summed E-state index contributed by atoms with van der Waals surface area (Å²) in [6.45, 7) is 1.93. The first-order valence-corrected chi connectivity index (χ1v) is 8.82. The molecule has 0 radical (unpaired) electrons. The van der Waals surface area contributed by atoms with Crippen LogP contribution in [0.15, 0.2) is 48.5 Å². The number of para-hydroxylation sites is 1. The number of benzene rings is 2. The van der Waals surface area contributed by atoms with E-state index in [-0.39, 0.29) is 11.7 Å². The van der Waals surface area contributed by atoms with Crippen molar-refractivity contribution in [2.24, 2.45) is 0 Å². The number of rotatable bonds is 6. The summed E-state index contributed by atoms with van der Waals surface area (Å²) in [7, 11) is 0. The molecule has 1 heterocycles. The molecule has 1 amide bonds. The molecule has 1 unspecified atom stereocenters. The Labute approximate surface area is 152 Å². The van der Waals surface area contributed by atoms with Gasteiger partial charge in [0.2, 0.25) is 0 Å². The van der Waals surface area contributed by atoms with Gasteiger partial charge in [0.15, 0.2) is 0 Å². The molecule has 1 aliphatic heterocycles. The third-order valence-electron chi connectivity index (χ3n) is 4.34. The summed E-state index contributed by atoms with van der Waals surface area (Å²) in [6.07, 6.45) is 1.11. The van der Waals surface area contributed by atoms with Crippen molar-refractivity contribution in [1.29, 1.82) is 0 Å². The van der Waals surface area contributed by atoms with Crippen molar-refractivity contribution in [2.75, 3.05) is 31.6 Å². The molecule has 3 rings (SSSR count). The second-order valence-corrected chi connectivity index (χ2v) is 6.32. The molecular weight excluding hydrogens is 335 g/mol. The predicted octanol–water partition coefficient (Wildman–Crippen LogP) is 2.91. The summed E-state index contributed by atoms with van der Waals surface area (Å²) < 4.78 is 18.4. The number of likely N-dealkylation sites (tertiary alicyclic amines) is 1.